The molecule has 4 aliphatic rings. The first-order valence-corrected chi connectivity index (χ1v) is 17.8. The highest BCUT2D eigenvalue weighted by Crippen LogP contribution is 2.40. The largest absolute Gasteiger partial charge is 0.479 e. The van der Waals surface area contributed by atoms with Crippen molar-refractivity contribution in [2.45, 2.75) is 157 Å². The van der Waals surface area contributed by atoms with E-state index < -0.39 is 122 Å². The number of ether oxygens (including phenoxy) is 6. The van der Waals surface area contributed by atoms with Crippen molar-refractivity contribution in [2.24, 2.45) is 17.8 Å². The number of carboxylic acids is 1. The molecule has 52 heavy (non-hydrogen) atoms. The Balaban J connectivity index is 1.71. The maximum absolute atomic E-state index is 13.7. The molecule has 2 heterocycles. The van der Waals surface area contributed by atoms with Gasteiger partial charge in [-0.1, -0.05) is 45.4 Å². The van der Waals surface area contributed by atoms with Crippen molar-refractivity contribution >= 4 is 17.8 Å². The fourth-order valence-corrected chi connectivity index (χ4v) is 7.72. The minimum atomic E-state index is -5.45. The topological polar surface area (TPSA) is 240 Å². The maximum Gasteiger partial charge on any atom is 0.471 e. The molecule has 0 bridgehead atoms. The zero-order chi connectivity index (χ0) is 38.5. The second-order valence-corrected chi connectivity index (χ2v) is 14.2. The smallest absolute Gasteiger partial charge is 0.471 e. The number of rotatable bonds is 13. The van der Waals surface area contributed by atoms with Gasteiger partial charge in [0, 0.05) is 0 Å². The first kappa shape index (κ1) is 42.5. The number of carbonyl (C=O) groups is 3. The number of aliphatic carboxylic acids is 1. The van der Waals surface area contributed by atoms with Crippen molar-refractivity contribution in [2.75, 3.05) is 13.7 Å². The van der Waals surface area contributed by atoms with Gasteiger partial charge in [-0.15, -0.1) is 0 Å². The number of aliphatic hydroxyl groups excluding tert-OH is 5. The molecule has 7 N–H and O–H groups in total. The molecule has 0 spiro atoms. The molecule has 300 valence electrons. The molecule has 2 saturated heterocycles. The number of hydrogen-bond donors (Lipinski definition) is 7. The molecule has 1 amide bonds. The van der Waals surface area contributed by atoms with Gasteiger partial charge in [0.05, 0.1) is 37.9 Å². The molecule has 16 nitrogen and oxygen atoms in total. The molecular weight excluding hydrogens is 707 g/mol. The predicted molar refractivity (Wildman–Crippen MR) is 168 cm³/mol. The Morgan fingerprint density at radius 2 is 1.58 bits per heavy atom. The predicted octanol–water partition coefficient (Wildman–Crippen LogP) is 0.128. The Hall–Kier alpha value is -2.20. The van der Waals surface area contributed by atoms with Crippen molar-refractivity contribution in [1.29, 1.82) is 0 Å². The van der Waals surface area contributed by atoms with Crippen LogP contribution in [0.2, 0.25) is 0 Å². The minimum absolute atomic E-state index is 0.0329. The van der Waals surface area contributed by atoms with Gasteiger partial charge in [0.25, 0.3) is 0 Å². The number of carbonyl (C=O) groups excluding carboxylic acids is 2. The van der Waals surface area contributed by atoms with Crippen LogP contribution in [0.3, 0.4) is 0 Å². The van der Waals surface area contributed by atoms with Crippen LogP contribution in [-0.2, 0) is 42.8 Å². The van der Waals surface area contributed by atoms with Gasteiger partial charge in [-0.3, -0.25) is 9.59 Å². The molecule has 15 atom stereocenters. The van der Waals surface area contributed by atoms with E-state index in [4.69, 9.17) is 28.4 Å². The molecule has 11 unspecified atom stereocenters. The monoisotopic (exact) mass is 759 g/mol. The summed E-state index contributed by atoms with van der Waals surface area (Å²) in [5.41, 5.74) is 0. The van der Waals surface area contributed by atoms with Gasteiger partial charge in [0.15, 0.2) is 18.7 Å². The molecule has 0 radical (unpaired) electrons. The summed E-state index contributed by atoms with van der Waals surface area (Å²) in [5, 5.41) is 64.5. The van der Waals surface area contributed by atoms with Crippen molar-refractivity contribution in [3.8, 4) is 0 Å². The lowest BCUT2D eigenvalue weighted by Crippen LogP contribution is -2.68. The van der Waals surface area contributed by atoms with E-state index >= 15 is 0 Å². The van der Waals surface area contributed by atoms with Crippen molar-refractivity contribution in [3.63, 3.8) is 0 Å². The van der Waals surface area contributed by atoms with Gasteiger partial charge < -0.3 is 64.4 Å². The number of amides is 1. The summed E-state index contributed by atoms with van der Waals surface area (Å²) in [4.78, 5) is 37.6. The number of halogens is 3. The van der Waals surface area contributed by atoms with Crippen LogP contribution in [0, 0.1) is 17.8 Å². The van der Waals surface area contributed by atoms with Gasteiger partial charge in [-0.25, -0.2) is 4.79 Å². The van der Waals surface area contributed by atoms with Gasteiger partial charge in [-0.05, 0) is 38.0 Å². The molecule has 0 aromatic heterocycles. The third-order valence-electron chi connectivity index (χ3n) is 10.7. The molecule has 2 aliphatic heterocycles. The Bertz CT molecular complexity index is 1190. The first-order valence-electron chi connectivity index (χ1n) is 17.8. The average Bonchev–Trinajstić information content (AvgIpc) is 3.11. The lowest BCUT2D eigenvalue weighted by Gasteiger charge is -2.49. The first-order chi connectivity index (χ1) is 24.5. The highest BCUT2D eigenvalue weighted by atomic mass is 19.4. The number of methoxy groups -OCH3 is 1. The Kier molecular flexibility index (Phi) is 15.1. The van der Waals surface area contributed by atoms with E-state index in [9.17, 15) is 58.2 Å². The normalized spacial score (nSPS) is 39.8. The van der Waals surface area contributed by atoms with Crippen LogP contribution in [0.15, 0.2) is 0 Å². The van der Waals surface area contributed by atoms with E-state index in [0.29, 0.717) is 19.3 Å². The second kappa shape index (κ2) is 18.4. The number of esters is 1. The third kappa shape index (κ3) is 10.1. The van der Waals surface area contributed by atoms with Crippen molar-refractivity contribution in [1.82, 2.24) is 5.32 Å². The molecule has 19 heteroatoms. The number of alkyl halides is 3. The third-order valence-corrected chi connectivity index (χ3v) is 10.7. The highest BCUT2D eigenvalue weighted by Gasteiger charge is 2.54. The summed E-state index contributed by atoms with van der Waals surface area (Å²) in [6, 6.07) is -2.02. The summed E-state index contributed by atoms with van der Waals surface area (Å²) in [5.74, 6) is -6.07. The Morgan fingerprint density at radius 3 is 2.15 bits per heavy atom. The zero-order valence-electron chi connectivity index (χ0n) is 29.3. The number of aliphatic hydroxyl groups is 5. The molecule has 4 rings (SSSR count). The lowest BCUT2D eigenvalue weighted by atomic mass is 9.76. The SMILES string of the molecule is CC[C@@H]1CC(C(=O)OC)CC(O[C@@H]2O[C@@H](CO)C(O)C(O[C@@H](CC3CCCCC3)C(=O)O)C2NC(=O)C(F)(F)F)C1OC1OC(C)C(O)C(O)C1O. The standard InChI is InChI=1S/C33H52F3NO15/c1-4-16-11-17(29(45)47-3)12-18(26(16)52-31-25(42)24(41)22(39)14(2)48-31)50-30-21(37-32(46)33(34,35)36)27(23(40)20(13-38)51-30)49-19(28(43)44)10-15-8-6-5-7-9-15/h14-27,30-31,38-42H,4-13H2,1-3H3,(H,37,46)(H,43,44)/t14?,16-,17?,18?,19+,20+,21?,22?,23?,24?,25?,26?,27?,30-,31?/m1/s1. The summed E-state index contributed by atoms with van der Waals surface area (Å²) in [6.45, 7) is 2.26. The lowest BCUT2D eigenvalue weighted by molar-refractivity contribution is -0.339. The van der Waals surface area contributed by atoms with Gasteiger partial charge in [0.2, 0.25) is 0 Å². The van der Waals surface area contributed by atoms with Crippen molar-refractivity contribution < 1.29 is 86.6 Å². The van der Waals surface area contributed by atoms with Crippen LogP contribution in [0.5, 0.6) is 0 Å². The van der Waals surface area contributed by atoms with Crippen LogP contribution in [-0.4, -0.2) is 148 Å². The number of nitrogens with one attached hydrogen (secondary N) is 1. The van der Waals surface area contributed by atoms with Crippen molar-refractivity contribution in [3.05, 3.63) is 0 Å². The van der Waals surface area contributed by atoms with Crippen LogP contribution in [0.4, 0.5) is 13.2 Å². The van der Waals surface area contributed by atoms with E-state index in [1.165, 1.54) is 6.92 Å². The zero-order valence-corrected chi connectivity index (χ0v) is 29.3. The average molecular weight is 760 g/mol. The van der Waals surface area contributed by atoms with Gasteiger partial charge in [0.1, 0.15) is 42.7 Å². The van der Waals surface area contributed by atoms with E-state index in [2.05, 4.69) is 0 Å². The van der Waals surface area contributed by atoms with E-state index in [1.807, 2.05) is 0 Å². The minimum Gasteiger partial charge on any atom is -0.479 e. The molecular formula is C33H52F3NO15. The van der Waals surface area contributed by atoms with Crippen LogP contribution < -0.4 is 5.32 Å². The highest BCUT2D eigenvalue weighted by molar-refractivity contribution is 5.82. The number of hydrogen-bond acceptors (Lipinski definition) is 14. The van der Waals surface area contributed by atoms with E-state index in [-0.39, 0.29) is 25.2 Å². The van der Waals surface area contributed by atoms with Gasteiger partial charge >= 0.3 is 24.0 Å². The maximum atomic E-state index is 13.7. The Labute approximate surface area is 298 Å². The molecule has 4 fully saturated rings. The van der Waals surface area contributed by atoms with Crippen LogP contribution >= 0.6 is 0 Å². The summed E-state index contributed by atoms with van der Waals surface area (Å²) < 4.78 is 75.7. The van der Waals surface area contributed by atoms with Crippen LogP contribution in [0.25, 0.3) is 0 Å². The van der Waals surface area contributed by atoms with E-state index in [1.54, 1.807) is 12.2 Å². The summed E-state index contributed by atoms with van der Waals surface area (Å²) >= 11 is 0. The fraction of sp³-hybridized carbons (Fsp3) is 0.909. The quantitative estimate of drug-likeness (QED) is 0.124. The van der Waals surface area contributed by atoms with Gasteiger partial charge in [-0.2, -0.15) is 13.2 Å². The van der Waals surface area contributed by atoms with Crippen LogP contribution in [0.1, 0.15) is 71.6 Å². The fourth-order valence-electron chi connectivity index (χ4n) is 7.72. The summed E-state index contributed by atoms with van der Waals surface area (Å²) in [7, 11) is 1.16. The Morgan fingerprint density at radius 1 is 0.904 bits per heavy atom. The molecule has 2 saturated carbocycles. The molecule has 0 aromatic carbocycles. The molecule has 2 aliphatic carbocycles. The number of carboxylic acid groups (broad SMARTS) is 1. The van der Waals surface area contributed by atoms with E-state index in [0.717, 1.165) is 26.4 Å². The summed E-state index contributed by atoms with van der Waals surface area (Å²) in [6.07, 6.45) is -20.0. The molecule has 0 aromatic rings. The second-order valence-electron chi connectivity index (χ2n) is 14.2.